The Morgan fingerprint density at radius 2 is 2.05 bits per heavy atom. The van der Waals surface area contributed by atoms with Crippen LogP contribution in [0.4, 0.5) is 0 Å². The molecular formula is C15H21Cl2NO2. The highest BCUT2D eigenvalue weighted by molar-refractivity contribution is 6.36. The molecule has 0 saturated carbocycles. The monoisotopic (exact) mass is 317 g/mol. The van der Waals surface area contributed by atoms with E-state index in [1.807, 2.05) is 25.1 Å². The van der Waals surface area contributed by atoms with Crippen molar-refractivity contribution in [1.82, 2.24) is 0 Å². The van der Waals surface area contributed by atoms with Crippen LogP contribution in [-0.4, -0.2) is 19.3 Å². The van der Waals surface area contributed by atoms with E-state index in [1.165, 1.54) is 5.54 Å². The maximum atomic E-state index is 5.97. The molecule has 112 valence electrons. The Morgan fingerprint density at radius 3 is 2.65 bits per heavy atom. The molecule has 1 unspecified atom stereocenters. The van der Waals surface area contributed by atoms with Gasteiger partial charge in [0.25, 0.3) is 0 Å². The lowest BCUT2D eigenvalue weighted by Crippen LogP contribution is -2.21. The van der Waals surface area contributed by atoms with Crippen LogP contribution in [0.2, 0.25) is 0 Å². The third-order valence-electron chi connectivity index (χ3n) is 2.81. The van der Waals surface area contributed by atoms with Crippen LogP contribution in [0.3, 0.4) is 0 Å². The summed E-state index contributed by atoms with van der Waals surface area (Å²) in [5.41, 5.74) is 8.39. The summed E-state index contributed by atoms with van der Waals surface area (Å²) in [5.74, 6) is 1.35. The van der Waals surface area contributed by atoms with Gasteiger partial charge in [-0.05, 0) is 37.5 Å². The highest BCUT2D eigenvalue weighted by Gasteiger charge is 2.09. The first-order valence-corrected chi connectivity index (χ1v) is 7.51. The summed E-state index contributed by atoms with van der Waals surface area (Å²) < 4.78 is 11.2. The van der Waals surface area contributed by atoms with Crippen molar-refractivity contribution in [3.05, 3.63) is 34.3 Å². The molecule has 20 heavy (non-hydrogen) atoms. The third kappa shape index (κ3) is 5.61. The number of nitrogens with two attached hydrogens (primary N) is 1. The predicted molar refractivity (Wildman–Crippen MR) is 84.9 cm³/mol. The number of ether oxygens (including phenoxy) is 2. The number of rotatable bonds is 8. The van der Waals surface area contributed by atoms with Crippen LogP contribution in [0.15, 0.2) is 28.8 Å². The van der Waals surface area contributed by atoms with Gasteiger partial charge in [-0.2, -0.15) is 0 Å². The van der Waals surface area contributed by atoms with Crippen molar-refractivity contribution in [3.63, 3.8) is 0 Å². The first-order valence-electron chi connectivity index (χ1n) is 6.69. The van der Waals surface area contributed by atoms with Crippen LogP contribution in [0.5, 0.6) is 11.5 Å². The van der Waals surface area contributed by atoms with Crippen LogP contribution in [-0.2, 0) is 6.42 Å². The van der Waals surface area contributed by atoms with Crippen LogP contribution in [0, 0.1) is 0 Å². The molecule has 0 saturated heterocycles. The lowest BCUT2D eigenvalue weighted by Gasteiger charge is -2.14. The lowest BCUT2D eigenvalue weighted by atomic mass is 10.0. The van der Waals surface area contributed by atoms with Crippen molar-refractivity contribution in [1.29, 1.82) is 0 Å². The smallest absolute Gasteiger partial charge is 0.161 e. The molecule has 0 fully saturated rings. The van der Waals surface area contributed by atoms with E-state index in [0.717, 1.165) is 18.4 Å². The highest BCUT2D eigenvalue weighted by Crippen LogP contribution is 2.29. The first kappa shape index (κ1) is 17.2. The maximum absolute atomic E-state index is 5.97. The van der Waals surface area contributed by atoms with E-state index in [1.54, 1.807) is 0 Å². The van der Waals surface area contributed by atoms with E-state index in [2.05, 4.69) is 6.92 Å². The van der Waals surface area contributed by atoms with Crippen LogP contribution in [0.1, 0.15) is 25.8 Å². The van der Waals surface area contributed by atoms with Gasteiger partial charge in [0.15, 0.2) is 11.5 Å². The fourth-order valence-electron chi connectivity index (χ4n) is 1.69. The Labute approximate surface area is 130 Å². The first-order chi connectivity index (χ1) is 9.60. The topological polar surface area (TPSA) is 44.5 Å². The molecule has 0 amide bonds. The fourth-order valence-corrected chi connectivity index (χ4v) is 1.81. The summed E-state index contributed by atoms with van der Waals surface area (Å²) >= 11 is 11.3. The molecular weight excluding hydrogens is 297 g/mol. The molecule has 1 atom stereocenters. The van der Waals surface area contributed by atoms with Crippen LogP contribution in [0.25, 0.3) is 0 Å². The largest absolute Gasteiger partial charge is 0.490 e. The van der Waals surface area contributed by atoms with Gasteiger partial charge in [-0.3, -0.25) is 0 Å². The van der Waals surface area contributed by atoms with Gasteiger partial charge in [0.1, 0.15) is 6.61 Å². The second kappa shape index (κ2) is 9.11. The van der Waals surface area contributed by atoms with Crippen molar-refractivity contribution in [3.8, 4) is 11.5 Å². The summed E-state index contributed by atoms with van der Waals surface area (Å²) in [6, 6.07) is 5.99. The quantitative estimate of drug-likeness (QED) is 0.786. The zero-order chi connectivity index (χ0) is 15.0. The molecule has 0 heterocycles. The number of hydrogen-bond donors (Lipinski definition) is 1. The Morgan fingerprint density at radius 1 is 1.30 bits per heavy atom. The molecule has 0 spiro atoms. The third-order valence-corrected chi connectivity index (χ3v) is 3.41. The predicted octanol–water partition coefficient (Wildman–Crippen LogP) is 4.06. The molecule has 0 aliphatic carbocycles. The summed E-state index contributed by atoms with van der Waals surface area (Å²) in [5, 5.41) is 0.436. The van der Waals surface area contributed by atoms with Crippen molar-refractivity contribution in [2.24, 2.45) is 5.73 Å². The minimum absolute atomic E-state index is 0.157. The van der Waals surface area contributed by atoms with Crippen LogP contribution < -0.4 is 15.2 Å². The van der Waals surface area contributed by atoms with E-state index < -0.39 is 0 Å². The van der Waals surface area contributed by atoms with Crippen molar-refractivity contribution >= 4 is 23.2 Å². The standard InChI is InChI=1S/C15H21Cl2NO2/c1-3-13(18)7-11-5-6-14(15(8-11)19-4-2)20-10-12(17)9-16/h5-6,8-9,13H,3-4,7,10,18H2,1-2H3. The Balaban J connectivity index is 2.83. The molecule has 3 nitrogen and oxygen atoms in total. The van der Waals surface area contributed by atoms with E-state index >= 15 is 0 Å². The summed E-state index contributed by atoms with van der Waals surface area (Å²) in [7, 11) is 0. The molecule has 5 heteroatoms. The van der Waals surface area contributed by atoms with Crippen molar-refractivity contribution in [2.45, 2.75) is 32.7 Å². The zero-order valence-corrected chi connectivity index (χ0v) is 13.4. The van der Waals surface area contributed by atoms with Crippen molar-refractivity contribution in [2.75, 3.05) is 13.2 Å². The van der Waals surface area contributed by atoms with Crippen molar-refractivity contribution < 1.29 is 9.47 Å². The summed E-state index contributed by atoms with van der Waals surface area (Å²) in [4.78, 5) is 0. The molecule has 1 aromatic rings. The Kier molecular flexibility index (Phi) is 7.82. The average Bonchev–Trinajstić information content (AvgIpc) is 2.46. The average molecular weight is 318 g/mol. The van der Waals surface area contributed by atoms with Gasteiger partial charge in [0, 0.05) is 11.6 Å². The number of hydrogen-bond acceptors (Lipinski definition) is 3. The van der Waals surface area contributed by atoms with Crippen LogP contribution >= 0.6 is 23.2 Å². The second-order valence-corrected chi connectivity index (χ2v) is 5.13. The van der Waals surface area contributed by atoms with E-state index in [-0.39, 0.29) is 12.6 Å². The Bertz CT molecular complexity index is 449. The highest BCUT2D eigenvalue weighted by atomic mass is 35.5. The second-order valence-electron chi connectivity index (χ2n) is 4.43. The van der Waals surface area contributed by atoms with E-state index in [0.29, 0.717) is 23.1 Å². The van der Waals surface area contributed by atoms with E-state index in [4.69, 9.17) is 38.4 Å². The maximum Gasteiger partial charge on any atom is 0.161 e. The van der Waals surface area contributed by atoms with Gasteiger partial charge >= 0.3 is 0 Å². The van der Waals surface area contributed by atoms with Gasteiger partial charge < -0.3 is 15.2 Å². The molecule has 1 rings (SSSR count). The number of benzene rings is 1. The molecule has 0 aliphatic rings. The Hall–Kier alpha value is -0.900. The van der Waals surface area contributed by atoms with Gasteiger partial charge in [-0.1, -0.05) is 36.2 Å². The molecule has 2 N–H and O–H groups in total. The fraction of sp³-hybridized carbons (Fsp3) is 0.467. The van der Waals surface area contributed by atoms with Gasteiger partial charge in [0.2, 0.25) is 0 Å². The molecule has 1 aromatic carbocycles. The SMILES string of the molecule is CCOc1cc(CC(N)CC)ccc1OCC(Cl)=CCl. The normalized spacial score (nSPS) is 13.2. The minimum atomic E-state index is 0.157. The van der Waals surface area contributed by atoms with Gasteiger partial charge in [-0.25, -0.2) is 0 Å². The van der Waals surface area contributed by atoms with E-state index in [9.17, 15) is 0 Å². The molecule has 0 aromatic heterocycles. The zero-order valence-electron chi connectivity index (χ0n) is 11.9. The number of halogens is 2. The lowest BCUT2D eigenvalue weighted by molar-refractivity contribution is 0.295. The summed E-state index contributed by atoms with van der Waals surface area (Å²) in [6.07, 6.45) is 1.76. The summed E-state index contributed by atoms with van der Waals surface area (Å²) in [6.45, 7) is 4.80. The molecule has 0 radical (unpaired) electrons. The molecule has 0 bridgehead atoms. The van der Waals surface area contributed by atoms with Gasteiger partial charge in [0.05, 0.1) is 11.6 Å². The minimum Gasteiger partial charge on any atom is -0.490 e. The van der Waals surface area contributed by atoms with Gasteiger partial charge in [-0.15, -0.1) is 0 Å². The molecule has 0 aliphatic heterocycles.